The van der Waals surface area contributed by atoms with Crippen molar-refractivity contribution in [2.75, 3.05) is 13.2 Å². The molecule has 156 valence electrons. The van der Waals surface area contributed by atoms with E-state index in [1.54, 1.807) is 6.92 Å². The Balaban J connectivity index is 1.96. The first-order valence-electron chi connectivity index (χ1n) is 9.57. The molecule has 0 bridgehead atoms. The Hall–Kier alpha value is -0.0900. The minimum absolute atomic E-state index is 0.0569. The molecule has 10 heteroatoms. The van der Waals surface area contributed by atoms with E-state index in [2.05, 4.69) is 31.6 Å². The fraction of sp³-hybridized carbons (Fsp3) is 1.00. The first kappa shape index (κ1) is 23.9. The molecule has 1 rings (SSSR count). The third-order valence-corrected chi connectivity index (χ3v) is 4.96. The van der Waals surface area contributed by atoms with Gasteiger partial charge in [-0.15, -0.1) is 4.67 Å². The van der Waals surface area contributed by atoms with Gasteiger partial charge >= 0.3 is 7.82 Å². The van der Waals surface area contributed by atoms with E-state index < -0.39 is 13.9 Å². The number of hydrogen-bond donors (Lipinski definition) is 0. The highest BCUT2D eigenvalue weighted by Crippen LogP contribution is 2.51. The molecule has 1 aliphatic rings. The fourth-order valence-corrected chi connectivity index (χ4v) is 3.33. The van der Waals surface area contributed by atoms with Crippen LogP contribution >= 0.6 is 7.82 Å². The molecule has 26 heavy (non-hydrogen) atoms. The normalized spacial score (nSPS) is 24.8. The van der Waals surface area contributed by atoms with Gasteiger partial charge in [-0.3, -0.25) is 4.52 Å². The maximum atomic E-state index is 12.2. The second kappa shape index (κ2) is 15.9. The number of phosphoric acid groups is 1. The van der Waals surface area contributed by atoms with Crippen molar-refractivity contribution in [3.8, 4) is 0 Å². The molecule has 0 spiro atoms. The van der Waals surface area contributed by atoms with E-state index in [0.717, 1.165) is 19.3 Å². The number of unbranched alkanes of at least 4 members (excludes halogenated alkanes) is 10. The highest BCUT2D eigenvalue weighted by atomic mass is 31.2. The summed E-state index contributed by atoms with van der Waals surface area (Å²) in [5.41, 5.74) is 0. The first-order valence-corrected chi connectivity index (χ1v) is 11.0. The van der Waals surface area contributed by atoms with Gasteiger partial charge in [0, 0.05) is 0 Å². The summed E-state index contributed by atoms with van der Waals surface area (Å²) in [6.07, 6.45) is 12.8. The summed E-state index contributed by atoms with van der Waals surface area (Å²) >= 11 is 0. The van der Waals surface area contributed by atoms with Crippen molar-refractivity contribution >= 4 is 7.82 Å². The molecule has 1 saturated heterocycles. The van der Waals surface area contributed by atoms with Gasteiger partial charge in [0.1, 0.15) is 6.61 Å². The van der Waals surface area contributed by atoms with Gasteiger partial charge in [-0.2, -0.15) is 0 Å². The van der Waals surface area contributed by atoms with E-state index in [1.807, 2.05) is 0 Å². The fourth-order valence-electron chi connectivity index (χ4n) is 2.43. The average molecular weight is 400 g/mol. The third-order valence-electron chi connectivity index (χ3n) is 3.81. The van der Waals surface area contributed by atoms with Gasteiger partial charge < -0.3 is 0 Å². The lowest BCUT2D eigenvalue weighted by Gasteiger charge is -2.16. The standard InChI is InChI=1S/C16H33O9P/c1-3-4-5-6-7-8-9-10-11-12-13-14-18-24-26(17)20-16(2)15-19-21-22-23-25-26/h16H,3-15H2,1-2H3. The molecule has 0 amide bonds. The van der Waals surface area contributed by atoms with Gasteiger partial charge in [-0.25, -0.2) is 14.3 Å². The molecular formula is C16H33O9P. The van der Waals surface area contributed by atoms with Crippen molar-refractivity contribution < 1.29 is 43.3 Å². The molecule has 2 atom stereocenters. The van der Waals surface area contributed by atoms with E-state index in [1.165, 1.54) is 51.4 Å². The zero-order valence-electron chi connectivity index (χ0n) is 15.9. The lowest BCUT2D eigenvalue weighted by molar-refractivity contribution is -0.692. The van der Waals surface area contributed by atoms with Crippen LogP contribution in [0.15, 0.2) is 0 Å². The van der Waals surface area contributed by atoms with Crippen molar-refractivity contribution in [1.82, 2.24) is 0 Å². The van der Waals surface area contributed by atoms with Crippen LogP contribution < -0.4 is 0 Å². The summed E-state index contributed by atoms with van der Waals surface area (Å²) < 4.78 is 26.3. The van der Waals surface area contributed by atoms with Crippen LogP contribution in [-0.2, 0) is 43.3 Å². The predicted octanol–water partition coefficient (Wildman–Crippen LogP) is 5.52. The Morgan fingerprint density at radius 3 is 2.15 bits per heavy atom. The summed E-state index contributed by atoms with van der Waals surface area (Å²) in [4.78, 5) is 9.43. The van der Waals surface area contributed by atoms with E-state index in [-0.39, 0.29) is 13.2 Å². The molecule has 1 fully saturated rings. The Morgan fingerprint density at radius 1 is 0.885 bits per heavy atom. The molecule has 0 aliphatic carbocycles. The van der Waals surface area contributed by atoms with Crippen LogP contribution in [0.4, 0.5) is 0 Å². The molecule has 0 aromatic heterocycles. The quantitative estimate of drug-likeness (QED) is 0.162. The van der Waals surface area contributed by atoms with E-state index in [4.69, 9.17) is 14.1 Å². The Kier molecular flexibility index (Phi) is 14.7. The Labute approximate surface area is 155 Å². The average Bonchev–Trinajstić information content (AvgIpc) is 2.69. The van der Waals surface area contributed by atoms with Gasteiger partial charge in [0.25, 0.3) is 0 Å². The molecule has 0 radical (unpaired) electrons. The maximum Gasteiger partial charge on any atom is 0.532 e. The summed E-state index contributed by atoms with van der Waals surface area (Å²) in [5, 5.41) is 12.1. The van der Waals surface area contributed by atoms with Crippen LogP contribution in [0, 0.1) is 0 Å². The lowest BCUT2D eigenvalue weighted by atomic mass is 10.1. The minimum Gasteiger partial charge on any atom is -0.278 e. The zero-order chi connectivity index (χ0) is 18.9. The van der Waals surface area contributed by atoms with Gasteiger partial charge in [0.2, 0.25) is 0 Å². The lowest BCUT2D eigenvalue weighted by Crippen LogP contribution is -2.15. The monoisotopic (exact) mass is 400 g/mol. The summed E-state index contributed by atoms with van der Waals surface area (Å²) in [6.45, 7) is 4.03. The highest BCUT2D eigenvalue weighted by Gasteiger charge is 2.35. The smallest absolute Gasteiger partial charge is 0.278 e. The van der Waals surface area contributed by atoms with E-state index in [9.17, 15) is 4.57 Å². The van der Waals surface area contributed by atoms with Gasteiger partial charge in [-0.1, -0.05) is 75.8 Å². The molecule has 0 aromatic carbocycles. The second-order valence-corrected chi connectivity index (χ2v) is 7.76. The van der Waals surface area contributed by atoms with Crippen LogP contribution in [-0.4, -0.2) is 19.3 Å². The van der Waals surface area contributed by atoms with Gasteiger partial charge in [-0.05, 0) is 28.5 Å². The van der Waals surface area contributed by atoms with Crippen molar-refractivity contribution in [2.24, 2.45) is 0 Å². The second-order valence-electron chi connectivity index (χ2n) is 6.36. The SMILES string of the molecule is CCCCCCCCCCCCCOOP1(=O)OOOOOCC(C)O1. The maximum absolute atomic E-state index is 12.2. The highest BCUT2D eigenvalue weighted by molar-refractivity contribution is 7.48. The van der Waals surface area contributed by atoms with Gasteiger partial charge in [0.15, 0.2) is 0 Å². The minimum atomic E-state index is -4.08. The summed E-state index contributed by atoms with van der Waals surface area (Å²) in [5.74, 6) is 0. The Morgan fingerprint density at radius 2 is 1.50 bits per heavy atom. The molecule has 0 aromatic rings. The first-order chi connectivity index (χ1) is 12.7. The van der Waals surface area contributed by atoms with Crippen molar-refractivity contribution in [3.05, 3.63) is 0 Å². The van der Waals surface area contributed by atoms with Crippen LogP contribution in [0.5, 0.6) is 0 Å². The largest absolute Gasteiger partial charge is 0.532 e. The van der Waals surface area contributed by atoms with Gasteiger partial charge in [0.05, 0.1) is 12.7 Å². The molecule has 0 saturated carbocycles. The van der Waals surface area contributed by atoms with Crippen molar-refractivity contribution in [1.29, 1.82) is 0 Å². The zero-order valence-corrected chi connectivity index (χ0v) is 16.8. The number of hydrogen-bond acceptors (Lipinski definition) is 9. The van der Waals surface area contributed by atoms with Crippen LogP contribution in [0.25, 0.3) is 0 Å². The number of rotatable bonds is 14. The third kappa shape index (κ3) is 13.1. The topological polar surface area (TPSA) is 90.9 Å². The van der Waals surface area contributed by atoms with E-state index in [0.29, 0.717) is 0 Å². The molecule has 1 heterocycles. The van der Waals surface area contributed by atoms with Crippen LogP contribution in [0.3, 0.4) is 0 Å². The van der Waals surface area contributed by atoms with Crippen LogP contribution in [0.1, 0.15) is 84.5 Å². The predicted molar refractivity (Wildman–Crippen MR) is 91.9 cm³/mol. The van der Waals surface area contributed by atoms with Crippen molar-refractivity contribution in [2.45, 2.75) is 90.6 Å². The van der Waals surface area contributed by atoms with Crippen LogP contribution in [0.2, 0.25) is 0 Å². The molecular weight excluding hydrogens is 367 g/mol. The van der Waals surface area contributed by atoms with E-state index >= 15 is 0 Å². The Bertz CT molecular complexity index is 370. The summed E-state index contributed by atoms with van der Waals surface area (Å²) in [6, 6.07) is 0. The van der Waals surface area contributed by atoms with Crippen molar-refractivity contribution in [3.63, 3.8) is 0 Å². The molecule has 9 nitrogen and oxygen atoms in total. The molecule has 0 N–H and O–H groups in total. The molecule has 1 aliphatic heterocycles. The summed E-state index contributed by atoms with van der Waals surface area (Å²) in [7, 11) is -4.08. The molecule has 2 unspecified atom stereocenters.